The molecule has 0 radical (unpaired) electrons. The minimum Gasteiger partial charge on any atom is -0.354 e. The summed E-state index contributed by atoms with van der Waals surface area (Å²) in [6.45, 7) is 6.82. The fourth-order valence-electron chi connectivity index (χ4n) is 2.00. The Morgan fingerprint density at radius 3 is 2.47 bits per heavy atom. The van der Waals surface area contributed by atoms with Gasteiger partial charge in [-0.25, -0.2) is 14.4 Å². The molecule has 2 aromatic rings. The van der Waals surface area contributed by atoms with Crippen LogP contribution in [0.15, 0.2) is 24.4 Å². The van der Waals surface area contributed by atoms with Crippen LogP contribution in [0.3, 0.4) is 0 Å². The van der Waals surface area contributed by atoms with Gasteiger partial charge in [0.1, 0.15) is 5.69 Å². The quantitative estimate of drug-likeness (QED) is 0.909. The van der Waals surface area contributed by atoms with Crippen molar-refractivity contribution in [2.45, 2.75) is 27.2 Å². The zero-order valence-electron chi connectivity index (χ0n) is 11.5. The van der Waals surface area contributed by atoms with Gasteiger partial charge in [-0.1, -0.05) is 24.1 Å². The van der Waals surface area contributed by atoms with Crippen molar-refractivity contribution in [3.63, 3.8) is 0 Å². The van der Waals surface area contributed by atoms with Gasteiger partial charge in [-0.15, -0.1) is 0 Å². The SMILES string of the molecule is CCCNc1ncc(F)c(-c2cc(C)cc(C)c2)n1. The van der Waals surface area contributed by atoms with Crippen molar-refractivity contribution in [3.8, 4) is 11.3 Å². The number of benzene rings is 1. The second kappa shape index (κ2) is 5.78. The Bertz CT molecular complexity index is 561. The molecular formula is C15H18FN3. The van der Waals surface area contributed by atoms with Gasteiger partial charge in [-0.2, -0.15) is 0 Å². The van der Waals surface area contributed by atoms with Crippen molar-refractivity contribution >= 4 is 5.95 Å². The molecule has 0 saturated carbocycles. The zero-order chi connectivity index (χ0) is 13.8. The summed E-state index contributed by atoms with van der Waals surface area (Å²) in [5.74, 6) is 0.0736. The molecule has 4 heteroatoms. The van der Waals surface area contributed by atoms with E-state index in [9.17, 15) is 4.39 Å². The van der Waals surface area contributed by atoms with Crippen LogP contribution in [0.25, 0.3) is 11.3 Å². The molecule has 1 N–H and O–H groups in total. The highest BCUT2D eigenvalue weighted by molar-refractivity contribution is 5.62. The minimum absolute atomic E-state index is 0.348. The first-order valence-corrected chi connectivity index (χ1v) is 6.45. The van der Waals surface area contributed by atoms with Crippen LogP contribution in [-0.4, -0.2) is 16.5 Å². The second-order valence-corrected chi connectivity index (χ2v) is 4.69. The van der Waals surface area contributed by atoms with Crippen LogP contribution in [0.5, 0.6) is 0 Å². The van der Waals surface area contributed by atoms with Crippen LogP contribution >= 0.6 is 0 Å². The third kappa shape index (κ3) is 3.28. The number of nitrogens with one attached hydrogen (secondary N) is 1. The summed E-state index contributed by atoms with van der Waals surface area (Å²) in [5, 5.41) is 3.07. The van der Waals surface area contributed by atoms with Gasteiger partial charge in [0.25, 0.3) is 0 Å². The van der Waals surface area contributed by atoms with Crippen molar-refractivity contribution in [1.82, 2.24) is 9.97 Å². The molecule has 1 aromatic carbocycles. The Morgan fingerprint density at radius 1 is 1.16 bits per heavy atom. The largest absolute Gasteiger partial charge is 0.354 e. The molecular weight excluding hydrogens is 241 g/mol. The number of aryl methyl sites for hydroxylation is 2. The maximum atomic E-state index is 13.9. The average Bonchev–Trinajstić information content (AvgIpc) is 2.36. The fourth-order valence-corrected chi connectivity index (χ4v) is 2.00. The first-order valence-electron chi connectivity index (χ1n) is 6.45. The fraction of sp³-hybridized carbons (Fsp3) is 0.333. The maximum Gasteiger partial charge on any atom is 0.223 e. The van der Waals surface area contributed by atoms with Crippen LogP contribution in [0.2, 0.25) is 0 Å². The monoisotopic (exact) mass is 259 g/mol. The van der Waals surface area contributed by atoms with Gasteiger partial charge in [-0.3, -0.25) is 0 Å². The lowest BCUT2D eigenvalue weighted by molar-refractivity contribution is 0.618. The Balaban J connectivity index is 2.42. The van der Waals surface area contributed by atoms with Gasteiger partial charge in [0.15, 0.2) is 5.82 Å². The summed E-state index contributed by atoms with van der Waals surface area (Å²) in [4.78, 5) is 8.21. The van der Waals surface area contributed by atoms with E-state index in [4.69, 9.17) is 0 Å². The lowest BCUT2D eigenvalue weighted by atomic mass is 10.0. The van der Waals surface area contributed by atoms with Crippen LogP contribution in [-0.2, 0) is 0 Å². The number of nitrogens with zero attached hydrogens (tertiary/aromatic N) is 2. The number of anilines is 1. The molecule has 0 aliphatic rings. The Hall–Kier alpha value is -1.97. The smallest absolute Gasteiger partial charge is 0.223 e. The lowest BCUT2D eigenvalue weighted by Crippen LogP contribution is -2.05. The summed E-state index contributed by atoms with van der Waals surface area (Å²) >= 11 is 0. The van der Waals surface area contributed by atoms with Crippen LogP contribution < -0.4 is 5.32 Å². The van der Waals surface area contributed by atoms with Crippen molar-refractivity contribution in [2.24, 2.45) is 0 Å². The third-order valence-electron chi connectivity index (χ3n) is 2.77. The highest BCUT2D eigenvalue weighted by atomic mass is 19.1. The van der Waals surface area contributed by atoms with Crippen molar-refractivity contribution in [2.75, 3.05) is 11.9 Å². The van der Waals surface area contributed by atoms with Crippen LogP contribution in [0, 0.1) is 19.7 Å². The Labute approximate surface area is 112 Å². The second-order valence-electron chi connectivity index (χ2n) is 4.69. The zero-order valence-corrected chi connectivity index (χ0v) is 11.5. The lowest BCUT2D eigenvalue weighted by Gasteiger charge is -2.08. The van der Waals surface area contributed by atoms with Gasteiger partial charge in [0.05, 0.1) is 6.20 Å². The summed E-state index contributed by atoms with van der Waals surface area (Å²) in [7, 11) is 0. The summed E-state index contributed by atoms with van der Waals surface area (Å²) in [6.07, 6.45) is 2.19. The van der Waals surface area contributed by atoms with Gasteiger partial charge in [0, 0.05) is 12.1 Å². The molecule has 19 heavy (non-hydrogen) atoms. The molecule has 0 aliphatic heterocycles. The van der Waals surface area contributed by atoms with Crippen LogP contribution in [0.1, 0.15) is 24.5 Å². The normalized spacial score (nSPS) is 10.5. The first kappa shape index (κ1) is 13.5. The first-order chi connectivity index (χ1) is 9.10. The van der Waals surface area contributed by atoms with Gasteiger partial charge < -0.3 is 5.32 Å². The van der Waals surface area contributed by atoms with Crippen molar-refractivity contribution in [3.05, 3.63) is 41.3 Å². The minimum atomic E-state index is -0.396. The molecule has 0 aliphatic carbocycles. The molecule has 0 unspecified atom stereocenters. The highest BCUT2D eigenvalue weighted by Crippen LogP contribution is 2.23. The molecule has 100 valence electrons. The standard InChI is InChI=1S/C15H18FN3/c1-4-5-17-15-18-9-13(16)14(19-15)12-7-10(2)6-11(3)8-12/h6-9H,4-5H2,1-3H3,(H,17,18,19). The molecule has 1 heterocycles. The van der Waals surface area contributed by atoms with Crippen molar-refractivity contribution in [1.29, 1.82) is 0 Å². The Morgan fingerprint density at radius 2 is 1.84 bits per heavy atom. The van der Waals surface area contributed by atoms with Gasteiger partial charge in [-0.05, 0) is 32.4 Å². The third-order valence-corrected chi connectivity index (χ3v) is 2.77. The van der Waals surface area contributed by atoms with Gasteiger partial charge in [0.2, 0.25) is 5.95 Å². The van der Waals surface area contributed by atoms with E-state index >= 15 is 0 Å². The van der Waals surface area contributed by atoms with E-state index in [1.165, 1.54) is 6.20 Å². The summed E-state index contributed by atoms with van der Waals surface area (Å²) in [6, 6.07) is 5.92. The molecule has 0 saturated heterocycles. The molecule has 2 rings (SSSR count). The van der Waals surface area contributed by atoms with E-state index in [0.29, 0.717) is 11.6 Å². The summed E-state index contributed by atoms with van der Waals surface area (Å²) in [5.41, 5.74) is 3.32. The molecule has 0 bridgehead atoms. The highest BCUT2D eigenvalue weighted by Gasteiger charge is 2.10. The molecule has 3 nitrogen and oxygen atoms in total. The predicted molar refractivity (Wildman–Crippen MR) is 75.7 cm³/mol. The molecule has 0 amide bonds. The van der Waals surface area contributed by atoms with E-state index in [1.807, 2.05) is 26.0 Å². The van der Waals surface area contributed by atoms with E-state index in [2.05, 4.69) is 28.3 Å². The number of rotatable bonds is 4. The number of hydrogen-bond donors (Lipinski definition) is 1. The van der Waals surface area contributed by atoms with E-state index in [-0.39, 0.29) is 0 Å². The Kier molecular flexibility index (Phi) is 4.10. The van der Waals surface area contributed by atoms with Crippen LogP contribution in [0.4, 0.5) is 10.3 Å². The number of halogens is 1. The van der Waals surface area contributed by atoms with Crippen molar-refractivity contribution < 1.29 is 4.39 Å². The van der Waals surface area contributed by atoms with E-state index in [1.54, 1.807) is 0 Å². The maximum absolute atomic E-state index is 13.9. The predicted octanol–water partition coefficient (Wildman–Crippen LogP) is 3.72. The summed E-state index contributed by atoms with van der Waals surface area (Å²) < 4.78 is 13.9. The average molecular weight is 259 g/mol. The number of aromatic nitrogens is 2. The van der Waals surface area contributed by atoms with E-state index < -0.39 is 5.82 Å². The number of hydrogen-bond acceptors (Lipinski definition) is 3. The molecule has 0 spiro atoms. The van der Waals surface area contributed by atoms with Gasteiger partial charge >= 0.3 is 0 Å². The van der Waals surface area contributed by atoms with E-state index in [0.717, 1.165) is 29.7 Å². The molecule has 0 atom stereocenters. The molecule has 1 aromatic heterocycles. The molecule has 0 fully saturated rings. The topological polar surface area (TPSA) is 37.8 Å².